The summed E-state index contributed by atoms with van der Waals surface area (Å²) >= 11 is 0. The van der Waals surface area contributed by atoms with Crippen molar-refractivity contribution in [1.82, 2.24) is 0 Å². The van der Waals surface area contributed by atoms with Gasteiger partial charge < -0.3 is 40.4 Å². The van der Waals surface area contributed by atoms with E-state index >= 15 is 0 Å². The molecule has 0 radical (unpaired) electrons. The zero-order chi connectivity index (χ0) is 22.0. The Hall–Kier alpha value is -2.20. The van der Waals surface area contributed by atoms with Crippen molar-refractivity contribution in [3.8, 4) is 5.75 Å². The van der Waals surface area contributed by atoms with Crippen LogP contribution < -0.4 is 10.5 Å². The van der Waals surface area contributed by atoms with Crippen LogP contribution in [0.25, 0.3) is 0 Å². The summed E-state index contributed by atoms with van der Waals surface area (Å²) in [5.41, 5.74) is 9.25. The molecule has 31 heavy (non-hydrogen) atoms. The minimum absolute atomic E-state index is 0.0942. The molecule has 0 aromatic heterocycles. The van der Waals surface area contributed by atoms with E-state index in [9.17, 15) is 20.4 Å². The van der Waals surface area contributed by atoms with Crippen LogP contribution in [-0.2, 0) is 15.9 Å². The van der Waals surface area contributed by atoms with E-state index in [2.05, 4.69) is 0 Å². The van der Waals surface area contributed by atoms with Gasteiger partial charge >= 0.3 is 0 Å². The molecule has 168 valence electrons. The van der Waals surface area contributed by atoms with Crippen LogP contribution in [0.5, 0.6) is 5.75 Å². The maximum Gasteiger partial charge on any atom is 0.124 e. The normalized spacial score (nSPS) is 31.0. The van der Waals surface area contributed by atoms with E-state index in [1.807, 2.05) is 30.3 Å². The SMILES string of the molecule is Nc1ccc([C@@H]2O[C@H](CO)[C@@H](O)[C@H](O)[C@H]2O)cc1Cc1ccc(O[C@H]2CCOC2)cc1. The molecule has 0 bridgehead atoms. The number of anilines is 1. The molecule has 8 heteroatoms. The molecule has 0 spiro atoms. The molecule has 0 aliphatic carbocycles. The predicted molar refractivity (Wildman–Crippen MR) is 113 cm³/mol. The van der Waals surface area contributed by atoms with Crippen molar-refractivity contribution in [3.63, 3.8) is 0 Å². The van der Waals surface area contributed by atoms with Crippen molar-refractivity contribution in [3.05, 3.63) is 59.2 Å². The first-order chi connectivity index (χ1) is 15.0. The molecule has 8 nitrogen and oxygen atoms in total. The molecule has 2 saturated heterocycles. The zero-order valence-electron chi connectivity index (χ0n) is 17.1. The maximum atomic E-state index is 10.4. The Balaban J connectivity index is 1.49. The van der Waals surface area contributed by atoms with E-state index in [-0.39, 0.29) is 6.10 Å². The minimum Gasteiger partial charge on any atom is -0.488 e. The van der Waals surface area contributed by atoms with E-state index in [0.717, 1.165) is 29.9 Å². The quantitative estimate of drug-likeness (QED) is 0.419. The number of nitrogens with two attached hydrogens (primary N) is 1. The molecule has 2 aromatic carbocycles. The van der Waals surface area contributed by atoms with E-state index in [1.54, 1.807) is 12.1 Å². The molecule has 2 aliphatic rings. The van der Waals surface area contributed by atoms with Crippen LogP contribution in [0.2, 0.25) is 0 Å². The van der Waals surface area contributed by atoms with Gasteiger partial charge in [-0.15, -0.1) is 0 Å². The summed E-state index contributed by atoms with van der Waals surface area (Å²) in [5.74, 6) is 0.794. The summed E-state index contributed by atoms with van der Waals surface area (Å²) in [6.45, 7) is 0.876. The first-order valence-electron chi connectivity index (χ1n) is 10.5. The van der Waals surface area contributed by atoms with Crippen molar-refractivity contribution < 1.29 is 34.6 Å². The topological polar surface area (TPSA) is 135 Å². The van der Waals surface area contributed by atoms with Crippen LogP contribution in [0.15, 0.2) is 42.5 Å². The number of ether oxygens (including phenoxy) is 3. The highest BCUT2D eigenvalue weighted by molar-refractivity contribution is 5.51. The van der Waals surface area contributed by atoms with Crippen LogP contribution >= 0.6 is 0 Å². The highest BCUT2D eigenvalue weighted by atomic mass is 16.5. The lowest BCUT2D eigenvalue weighted by Crippen LogP contribution is -2.55. The van der Waals surface area contributed by atoms with Crippen LogP contribution in [0.3, 0.4) is 0 Å². The van der Waals surface area contributed by atoms with Crippen LogP contribution in [0.4, 0.5) is 5.69 Å². The van der Waals surface area contributed by atoms with E-state index in [0.29, 0.717) is 24.3 Å². The van der Waals surface area contributed by atoms with Gasteiger partial charge in [-0.1, -0.05) is 24.3 Å². The molecule has 0 amide bonds. The first-order valence-corrected chi connectivity index (χ1v) is 10.5. The fourth-order valence-corrected chi connectivity index (χ4v) is 4.04. The van der Waals surface area contributed by atoms with E-state index in [1.165, 1.54) is 0 Å². The standard InChI is InChI=1S/C23H29NO7/c24-18-6-3-14(23-22(28)21(27)20(26)19(11-25)31-23)10-15(18)9-13-1-4-16(5-2-13)30-17-7-8-29-12-17/h1-6,10,17,19-23,25-28H,7-9,11-12,24H2/t17-,19+,20+,21-,22+,23-/m0/s1. The van der Waals surface area contributed by atoms with Gasteiger partial charge in [0, 0.05) is 12.1 Å². The number of hydrogen-bond acceptors (Lipinski definition) is 8. The molecule has 2 heterocycles. The first kappa shape index (κ1) is 22.0. The van der Waals surface area contributed by atoms with Gasteiger partial charge in [-0.2, -0.15) is 0 Å². The molecule has 2 aliphatic heterocycles. The Labute approximate surface area is 180 Å². The molecule has 0 saturated carbocycles. The molecular weight excluding hydrogens is 402 g/mol. The highest BCUT2D eigenvalue weighted by Crippen LogP contribution is 2.34. The Kier molecular flexibility index (Phi) is 6.76. The van der Waals surface area contributed by atoms with Gasteiger partial charge in [0.2, 0.25) is 0 Å². The largest absolute Gasteiger partial charge is 0.488 e. The molecule has 2 fully saturated rings. The zero-order valence-corrected chi connectivity index (χ0v) is 17.1. The summed E-state index contributed by atoms with van der Waals surface area (Å²) in [6, 6.07) is 13.1. The van der Waals surface area contributed by atoms with Gasteiger partial charge in [0.25, 0.3) is 0 Å². The number of aliphatic hydroxyl groups excluding tert-OH is 4. The third-order valence-corrected chi connectivity index (χ3v) is 5.90. The van der Waals surface area contributed by atoms with Crippen molar-refractivity contribution in [2.75, 3.05) is 25.6 Å². The minimum atomic E-state index is -1.42. The molecular formula is C23H29NO7. The van der Waals surface area contributed by atoms with E-state index in [4.69, 9.17) is 19.9 Å². The van der Waals surface area contributed by atoms with Gasteiger partial charge in [-0.25, -0.2) is 0 Å². The third-order valence-electron chi connectivity index (χ3n) is 5.90. The summed E-state index contributed by atoms with van der Waals surface area (Å²) in [4.78, 5) is 0. The number of rotatable bonds is 6. The van der Waals surface area contributed by atoms with Crippen LogP contribution in [0, 0.1) is 0 Å². The van der Waals surface area contributed by atoms with Gasteiger partial charge in [-0.05, 0) is 41.3 Å². The summed E-state index contributed by atoms with van der Waals surface area (Å²) < 4.78 is 16.9. The molecule has 2 aromatic rings. The Morgan fingerprint density at radius 3 is 2.45 bits per heavy atom. The number of aliphatic hydroxyl groups is 4. The van der Waals surface area contributed by atoms with Crippen molar-refractivity contribution in [2.45, 2.75) is 49.5 Å². The Bertz CT molecular complexity index is 867. The van der Waals surface area contributed by atoms with Gasteiger partial charge in [0.05, 0.1) is 19.8 Å². The van der Waals surface area contributed by atoms with Gasteiger partial charge in [-0.3, -0.25) is 0 Å². The molecule has 6 atom stereocenters. The highest BCUT2D eigenvalue weighted by Gasteiger charge is 2.44. The monoisotopic (exact) mass is 431 g/mol. The van der Waals surface area contributed by atoms with E-state index < -0.39 is 37.1 Å². The van der Waals surface area contributed by atoms with Gasteiger partial charge in [0.15, 0.2) is 0 Å². The summed E-state index contributed by atoms with van der Waals surface area (Å²) in [6.07, 6.45) is -4.44. The average Bonchev–Trinajstić information content (AvgIpc) is 3.28. The number of hydrogen-bond donors (Lipinski definition) is 5. The predicted octanol–water partition coefficient (Wildman–Crippen LogP) is 0.542. The second-order valence-corrected chi connectivity index (χ2v) is 8.13. The lowest BCUT2D eigenvalue weighted by molar-refractivity contribution is -0.231. The van der Waals surface area contributed by atoms with Gasteiger partial charge in [0.1, 0.15) is 42.4 Å². The average molecular weight is 431 g/mol. The fraction of sp³-hybridized carbons (Fsp3) is 0.478. The smallest absolute Gasteiger partial charge is 0.124 e. The number of nitrogen functional groups attached to an aromatic ring is 1. The van der Waals surface area contributed by atoms with Crippen molar-refractivity contribution in [2.24, 2.45) is 0 Å². The second-order valence-electron chi connectivity index (χ2n) is 8.13. The lowest BCUT2D eigenvalue weighted by atomic mass is 9.89. The lowest BCUT2D eigenvalue weighted by Gasteiger charge is -2.40. The van der Waals surface area contributed by atoms with Crippen molar-refractivity contribution >= 4 is 5.69 Å². The Morgan fingerprint density at radius 1 is 1.00 bits per heavy atom. The fourth-order valence-electron chi connectivity index (χ4n) is 4.04. The summed E-state index contributed by atoms with van der Waals surface area (Å²) in [7, 11) is 0. The summed E-state index contributed by atoms with van der Waals surface area (Å²) in [5, 5.41) is 39.9. The third kappa shape index (κ3) is 4.85. The molecule has 6 N–H and O–H groups in total. The van der Waals surface area contributed by atoms with Crippen LogP contribution in [0.1, 0.15) is 29.2 Å². The maximum absolute atomic E-state index is 10.4. The van der Waals surface area contributed by atoms with Crippen molar-refractivity contribution in [1.29, 1.82) is 0 Å². The second kappa shape index (κ2) is 9.52. The van der Waals surface area contributed by atoms with Crippen LogP contribution in [-0.4, -0.2) is 70.8 Å². The number of benzene rings is 2. The molecule has 4 rings (SSSR count). The Morgan fingerprint density at radius 2 is 1.77 bits per heavy atom. The molecule has 0 unspecified atom stereocenters.